The van der Waals surface area contributed by atoms with Crippen molar-refractivity contribution >= 4 is 5.91 Å². The molecule has 0 aromatic rings. The third-order valence-corrected chi connectivity index (χ3v) is 3.02. The third kappa shape index (κ3) is 3.43. The minimum absolute atomic E-state index is 0.0835. The Morgan fingerprint density at radius 1 is 1.69 bits per heavy atom. The maximum atomic E-state index is 11.8. The SMILES string of the molecule is CNC1CCN(CC(C)(O)CCOC)C1=O. The van der Waals surface area contributed by atoms with E-state index in [1.807, 2.05) is 0 Å². The van der Waals surface area contributed by atoms with Crippen molar-refractivity contribution in [1.29, 1.82) is 0 Å². The lowest BCUT2D eigenvalue weighted by molar-refractivity contribution is -0.132. The molecule has 2 unspecified atom stereocenters. The van der Waals surface area contributed by atoms with Gasteiger partial charge in [0, 0.05) is 33.2 Å². The van der Waals surface area contributed by atoms with E-state index >= 15 is 0 Å². The third-order valence-electron chi connectivity index (χ3n) is 3.02. The molecule has 5 heteroatoms. The van der Waals surface area contributed by atoms with Gasteiger partial charge in [0.15, 0.2) is 0 Å². The van der Waals surface area contributed by atoms with Gasteiger partial charge in [-0.1, -0.05) is 0 Å². The van der Waals surface area contributed by atoms with Gasteiger partial charge in [-0.05, 0) is 20.4 Å². The fraction of sp³-hybridized carbons (Fsp3) is 0.909. The molecule has 0 aromatic carbocycles. The summed E-state index contributed by atoms with van der Waals surface area (Å²) in [5, 5.41) is 13.1. The second-order valence-electron chi connectivity index (χ2n) is 4.63. The monoisotopic (exact) mass is 230 g/mol. The molecule has 2 atom stereocenters. The summed E-state index contributed by atoms with van der Waals surface area (Å²) in [6.07, 6.45) is 1.35. The van der Waals surface area contributed by atoms with Crippen LogP contribution >= 0.6 is 0 Å². The Balaban J connectivity index is 2.45. The predicted molar refractivity (Wildman–Crippen MR) is 61.2 cm³/mol. The van der Waals surface area contributed by atoms with Gasteiger partial charge in [-0.2, -0.15) is 0 Å². The largest absolute Gasteiger partial charge is 0.388 e. The van der Waals surface area contributed by atoms with Crippen LogP contribution in [0, 0.1) is 0 Å². The second-order valence-corrected chi connectivity index (χ2v) is 4.63. The average Bonchev–Trinajstić information content (AvgIpc) is 2.57. The van der Waals surface area contributed by atoms with E-state index in [0.29, 0.717) is 26.1 Å². The molecule has 0 aromatic heterocycles. The lowest BCUT2D eigenvalue weighted by atomic mass is 10.0. The van der Waals surface area contributed by atoms with Crippen molar-refractivity contribution in [2.45, 2.75) is 31.4 Å². The van der Waals surface area contributed by atoms with Crippen LogP contribution in [0.25, 0.3) is 0 Å². The number of rotatable bonds is 6. The summed E-state index contributed by atoms with van der Waals surface area (Å²) in [5.74, 6) is 0.0835. The van der Waals surface area contributed by atoms with Crippen LogP contribution in [0.5, 0.6) is 0 Å². The Kier molecular flexibility index (Phi) is 4.70. The molecule has 0 bridgehead atoms. The molecular weight excluding hydrogens is 208 g/mol. The number of methoxy groups -OCH3 is 1. The highest BCUT2D eigenvalue weighted by atomic mass is 16.5. The first-order chi connectivity index (χ1) is 7.50. The van der Waals surface area contributed by atoms with Crippen molar-refractivity contribution in [1.82, 2.24) is 10.2 Å². The molecule has 1 fully saturated rings. The maximum Gasteiger partial charge on any atom is 0.239 e. The highest BCUT2D eigenvalue weighted by Crippen LogP contribution is 2.17. The molecule has 94 valence electrons. The summed E-state index contributed by atoms with van der Waals surface area (Å²) in [6.45, 7) is 3.34. The number of carbonyl (C=O) groups excluding carboxylic acids is 1. The van der Waals surface area contributed by atoms with E-state index in [1.165, 1.54) is 0 Å². The van der Waals surface area contributed by atoms with Gasteiger partial charge >= 0.3 is 0 Å². The fourth-order valence-corrected chi connectivity index (χ4v) is 1.98. The Labute approximate surface area is 96.8 Å². The van der Waals surface area contributed by atoms with Gasteiger partial charge in [-0.25, -0.2) is 0 Å². The Hall–Kier alpha value is -0.650. The van der Waals surface area contributed by atoms with Gasteiger partial charge in [0.1, 0.15) is 0 Å². The van der Waals surface area contributed by atoms with Crippen LogP contribution in [0.1, 0.15) is 19.8 Å². The zero-order valence-electron chi connectivity index (χ0n) is 10.3. The number of amides is 1. The summed E-state index contributed by atoms with van der Waals surface area (Å²) < 4.78 is 4.94. The van der Waals surface area contributed by atoms with Crippen LogP contribution in [0.3, 0.4) is 0 Å². The number of aliphatic hydroxyl groups is 1. The standard InChI is InChI=1S/C11H22N2O3/c1-11(15,5-7-16-3)8-13-6-4-9(12-2)10(13)14/h9,12,15H,4-8H2,1-3H3. The summed E-state index contributed by atoms with van der Waals surface area (Å²) in [7, 11) is 3.39. The van der Waals surface area contributed by atoms with Gasteiger partial charge < -0.3 is 20.1 Å². The molecule has 16 heavy (non-hydrogen) atoms. The van der Waals surface area contributed by atoms with Crippen molar-refractivity contribution in [3.63, 3.8) is 0 Å². The minimum atomic E-state index is -0.867. The van der Waals surface area contributed by atoms with E-state index in [2.05, 4.69) is 5.32 Å². The summed E-state index contributed by atoms with van der Waals surface area (Å²) in [5.41, 5.74) is -0.867. The first kappa shape index (κ1) is 13.4. The van der Waals surface area contributed by atoms with E-state index in [4.69, 9.17) is 4.74 Å². The van der Waals surface area contributed by atoms with E-state index in [-0.39, 0.29) is 11.9 Å². The number of β-amino-alcohol motifs (C(OH)–C–C–N with tert-alkyl or cyclic N) is 1. The van der Waals surface area contributed by atoms with Crippen LogP contribution in [-0.2, 0) is 9.53 Å². The minimum Gasteiger partial charge on any atom is -0.388 e. The second kappa shape index (κ2) is 5.61. The molecule has 1 aliphatic heterocycles. The molecular formula is C11H22N2O3. The quantitative estimate of drug-likeness (QED) is 0.651. The number of carbonyl (C=O) groups is 1. The lowest BCUT2D eigenvalue weighted by Crippen LogP contribution is -2.45. The normalized spacial score (nSPS) is 24.9. The fourth-order valence-electron chi connectivity index (χ4n) is 1.98. The molecule has 1 heterocycles. The van der Waals surface area contributed by atoms with Gasteiger partial charge in [0.2, 0.25) is 5.91 Å². The highest BCUT2D eigenvalue weighted by Gasteiger charge is 2.34. The van der Waals surface area contributed by atoms with Gasteiger partial charge in [-0.3, -0.25) is 4.79 Å². The smallest absolute Gasteiger partial charge is 0.239 e. The molecule has 1 rings (SSSR count). The van der Waals surface area contributed by atoms with Crippen LogP contribution < -0.4 is 5.32 Å². The molecule has 1 saturated heterocycles. The zero-order chi connectivity index (χ0) is 12.2. The predicted octanol–water partition coefficient (Wildman–Crippen LogP) is -0.406. The van der Waals surface area contributed by atoms with Gasteiger partial charge in [0.25, 0.3) is 0 Å². The van der Waals surface area contributed by atoms with E-state index in [0.717, 1.165) is 6.42 Å². The Morgan fingerprint density at radius 3 is 2.88 bits per heavy atom. The van der Waals surface area contributed by atoms with Crippen LogP contribution in [0.2, 0.25) is 0 Å². The van der Waals surface area contributed by atoms with Crippen molar-refractivity contribution in [3.8, 4) is 0 Å². The molecule has 0 spiro atoms. The summed E-state index contributed by atoms with van der Waals surface area (Å²) >= 11 is 0. The molecule has 0 aliphatic carbocycles. The molecule has 1 amide bonds. The number of likely N-dealkylation sites (N-methyl/N-ethyl adjacent to an activating group) is 1. The van der Waals surface area contributed by atoms with E-state index < -0.39 is 5.60 Å². The maximum absolute atomic E-state index is 11.8. The van der Waals surface area contributed by atoms with Crippen LogP contribution in [0.4, 0.5) is 0 Å². The number of hydrogen-bond donors (Lipinski definition) is 2. The van der Waals surface area contributed by atoms with E-state index in [1.54, 1.807) is 26.0 Å². The van der Waals surface area contributed by atoms with Gasteiger partial charge in [0.05, 0.1) is 11.6 Å². The first-order valence-electron chi connectivity index (χ1n) is 5.67. The first-order valence-corrected chi connectivity index (χ1v) is 5.67. The lowest BCUT2D eigenvalue weighted by Gasteiger charge is -2.28. The Morgan fingerprint density at radius 2 is 2.38 bits per heavy atom. The van der Waals surface area contributed by atoms with Crippen molar-refractivity contribution in [2.24, 2.45) is 0 Å². The van der Waals surface area contributed by atoms with Crippen LogP contribution in [0.15, 0.2) is 0 Å². The zero-order valence-corrected chi connectivity index (χ0v) is 10.3. The van der Waals surface area contributed by atoms with Crippen molar-refractivity contribution < 1.29 is 14.6 Å². The number of likely N-dealkylation sites (tertiary alicyclic amines) is 1. The number of ether oxygens (including phenoxy) is 1. The topological polar surface area (TPSA) is 61.8 Å². The summed E-state index contributed by atoms with van der Waals surface area (Å²) in [4.78, 5) is 13.5. The summed E-state index contributed by atoms with van der Waals surface area (Å²) in [6, 6.07) is -0.0850. The Bertz CT molecular complexity index is 243. The van der Waals surface area contributed by atoms with Crippen molar-refractivity contribution in [3.05, 3.63) is 0 Å². The number of hydrogen-bond acceptors (Lipinski definition) is 4. The highest BCUT2D eigenvalue weighted by molar-refractivity contribution is 5.84. The molecule has 1 aliphatic rings. The van der Waals surface area contributed by atoms with Crippen molar-refractivity contribution in [2.75, 3.05) is 33.9 Å². The number of nitrogens with one attached hydrogen (secondary N) is 1. The molecule has 5 nitrogen and oxygen atoms in total. The van der Waals surface area contributed by atoms with Crippen LogP contribution in [-0.4, -0.2) is 61.4 Å². The molecule has 2 N–H and O–H groups in total. The molecule has 0 radical (unpaired) electrons. The van der Waals surface area contributed by atoms with Gasteiger partial charge in [-0.15, -0.1) is 0 Å². The van der Waals surface area contributed by atoms with E-state index in [9.17, 15) is 9.90 Å². The molecule has 0 saturated carbocycles. The number of nitrogens with zero attached hydrogens (tertiary/aromatic N) is 1. The average molecular weight is 230 g/mol.